The van der Waals surface area contributed by atoms with E-state index >= 15 is 0 Å². The summed E-state index contributed by atoms with van der Waals surface area (Å²) >= 11 is 7.82. The van der Waals surface area contributed by atoms with Crippen LogP contribution in [0.3, 0.4) is 0 Å². The molecule has 4 aromatic rings. The Labute approximate surface area is 230 Å². The smallest absolute Gasteiger partial charge is 0.255 e. The summed E-state index contributed by atoms with van der Waals surface area (Å²) in [4.78, 5) is 18.5. The van der Waals surface area contributed by atoms with E-state index in [0.717, 1.165) is 11.1 Å². The number of nitrogens with zero attached hydrogens (tertiary/aromatic N) is 3. The molecule has 1 aliphatic heterocycles. The summed E-state index contributed by atoms with van der Waals surface area (Å²) in [5, 5.41) is 12.3. The van der Waals surface area contributed by atoms with Crippen LogP contribution in [-0.4, -0.2) is 34.9 Å². The highest BCUT2D eigenvalue weighted by Crippen LogP contribution is 2.38. The predicted molar refractivity (Wildman–Crippen MR) is 150 cm³/mol. The van der Waals surface area contributed by atoms with Crippen LogP contribution in [0.4, 0.5) is 11.6 Å². The number of nitrogens with one attached hydrogen (secondary N) is 2. The second-order valence-electron chi connectivity index (χ2n) is 8.54. The number of carbonyl (C=O) groups excluding carboxylic acids is 1. The lowest BCUT2D eigenvalue weighted by molar-refractivity contribution is -0.113. The molecule has 3 aromatic carbocycles. The van der Waals surface area contributed by atoms with Gasteiger partial charge in [-0.2, -0.15) is 4.98 Å². The highest BCUT2D eigenvalue weighted by atomic mass is 35.5. The van der Waals surface area contributed by atoms with Gasteiger partial charge in [0.1, 0.15) is 17.5 Å². The van der Waals surface area contributed by atoms with Gasteiger partial charge in [-0.05, 0) is 48.4 Å². The largest absolute Gasteiger partial charge is 0.497 e. The molecule has 0 bridgehead atoms. The summed E-state index contributed by atoms with van der Waals surface area (Å²) < 4.78 is 12.7. The van der Waals surface area contributed by atoms with Crippen molar-refractivity contribution in [2.24, 2.45) is 0 Å². The molecule has 38 heavy (non-hydrogen) atoms. The van der Waals surface area contributed by atoms with Gasteiger partial charge in [0, 0.05) is 16.5 Å². The van der Waals surface area contributed by atoms with E-state index in [9.17, 15) is 4.79 Å². The Bertz CT molecular complexity index is 1520. The molecule has 0 saturated carbocycles. The molecule has 2 N–H and O–H groups in total. The van der Waals surface area contributed by atoms with Crippen LogP contribution in [0.2, 0.25) is 5.02 Å². The van der Waals surface area contributed by atoms with Crippen molar-refractivity contribution in [3.05, 3.63) is 100 Å². The van der Waals surface area contributed by atoms with E-state index in [0.29, 0.717) is 50.3 Å². The molecule has 5 rings (SSSR count). The molecule has 8 nitrogen and oxygen atoms in total. The summed E-state index contributed by atoms with van der Waals surface area (Å²) in [6.07, 6.45) is 0. The van der Waals surface area contributed by atoms with Crippen molar-refractivity contribution in [1.29, 1.82) is 0 Å². The second kappa shape index (κ2) is 11.2. The lowest BCUT2D eigenvalue weighted by atomic mass is 9.95. The molecule has 1 atom stereocenters. The first kappa shape index (κ1) is 25.7. The van der Waals surface area contributed by atoms with E-state index in [1.54, 1.807) is 31.0 Å². The van der Waals surface area contributed by atoms with Crippen molar-refractivity contribution in [3.8, 4) is 11.5 Å². The second-order valence-corrected chi connectivity index (χ2v) is 9.89. The molecule has 10 heteroatoms. The summed E-state index contributed by atoms with van der Waals surface area (Å²) in [6.45, 7) is 1.86. The molecule has 0 radical (unpaired) electrons. The molecule has 0 aliphatic carbocycles. The number of hydrogen-bond donors (Lipinski definition) is 2. The van der Waals surface area contributed by atoms with Crippen molar-refractivity contribution in [1.82, 2.24) is 14.8 Å². The van der Waals surface area contributed by atoms with Crippen LogP contribution in [0.15, 0.2) is 89.2 Å². The number of thioether (sulfide) groups is 1. The van der Waals surface area contributed by atoms with E-state index in [4.69, 9.17) is 31.2 Å². The first-order chi connectivity index (χ1) is 18.5. The standard InChI is InChI=1S/C28H26ClN5O3S/c1-17-24(26(35)31-22-13-6-7-14-23(22)37-3)25(18-10-8-11-20(15-18)36-2)34-27(30-17)32-28(33-34)38-16-19-9-4-5-12-21(19)29/h4-15,25H,16H2,1-3H3,(H,31,35)(H,30,32,33). The van der Waals surface area contributed by atoms with Crippen molar-refractivity contribution in [3.63, 3.8) is 0 Å². The summed E-state index contributed by atoms with van der Waals surface area (Å²) in [6, 6.07) is 22.1. The SMILES string of the molecule is COc1cccc(C2C(C(=O)Nc3ccccc3OC)=C(C)Nc3nc(SCc4ccccc4Cl)nn32)c1. The van der Waals surface area contributed by atoms with E-state index in [1.165, 1.54) is 11.8 Å². The summed E-state index contributed by atoms with van der Waals surface area (Å²) in [5.74, 6) is 2.13. The Morgan fingerprint density at radius 2 is 1.87 bits per heavy atom. The number of benzene rings is 3. The number of ether oxygens (including phenoxy) is 2. The van der Waals surface area contributed by atoms with E-state index in [-0.39, 0.29) is 5.91 Å². The van der Waals surface area contributed by atoms with Crippen LogP contribution in [0.1, 0.15) is 24.1 Å². The van der Waals surface area contributed by atoms with Gasteiger partial charge >= 0.3 is 0 Å². The molecule has 1 aromatic heterocycles. The fraction of sp³-hybridized carbons (Fsp3) is 0.179. The van der Waals surface area contributed by atoms with Crippen molar-refractivity contribution >= 4 is 40.9 Å². The molecule has 1 aliphatic rings. The topological polar surface area (TPSA) is 90.3 Å². The molecule has 0 saturated heterocycles. The summed E-state index contributed by atoms with van der Waals surface area (Å²) in [5.41, 5.74) is 3.58. The fourth-order valence-corrected chi connectivity index (χ4v) is 5.42. The number of fused-ring (bicyclic) bond motifs is 1. The molecular formula is C28H26ClN5O3S. The first-order valence-corrected chi connectivity index (χ1v) is 13.2. The molecule has 1 amide bonds. The lowest BCUT2D eigenvalue weighted by Gasteiger charge is -2.29. The van der Waals surface area contributed by atoms with Crippen LogP contribution in [0.25, 0.3) is 0 Å². The third kappa shape index (κ3) is 5.20. The van der Waals surface area contributed by atoms with Crippen molar-refractivity contribution in [2.75, 3.05) is 24.9 Å². The Morgan fingerprint density at radius 3 is 2.66 bits per heavy atom. The number of methoxy groups -OCH3 is 2. The van der Waals surface area contributed by atoms with E-state index in [1.807, 2.05) is 67.6 Å². The number of carbonyl (C=O) groups is 1. The molecule has 1 unspecified atom stereocenters. The average molecular weight is 548 g/mol. The van der Waals surface area contributed by atoms with Gasteiger partial charge in [0.25, 0.3) is 5.91 Å². The molecule has 194 valence electrons. The van der Waals surface area contributed by atoms with Gasteiger partial charge in [0.15, 0.2) is 0 Å². The van der Waals surface area contributed by atoms with Crippen LogP contribution < -0.4 is 20.1 Å². The minimum Gasteiger partial charge on any atom is -0.497 e. The van der Waals surface area contributed by atoms with E-state index < -0.39 is 6.04 Å². The zero-order valence-electron chi connectivity index (χ0n) is 21.1. The first-order valence-electron chi connectivity index (χ1n) is 11.9. The van der Waals surface area contributed by atoms with Gasteiger partial charge in [-0.25, -0.2) is 4.68 Å². The number of allylic oxidation sites excluding steroid dienone is 1. The van der Waals surface area contributed by atoms with Crippen LogP contribution in [0, 0.1) is 0 Å². The summed E-state index contributed by atoms with van der Waals surface area (Å²) in [7, 11) is 3.18. The third-order valence-corrected chi connectivity index (χ3v) is 7.41. The zero-order valence-corrected chi connectivity index (χ0v) is 22.6. The third-order valence-electron chi connectivity index (χ3n) is 6.16. The number of hydrogen-bond acceptors (Lipinski definition) is 7. The van der Waals surface area contributed by atoms with Crippen LogP contribution in [0.5, 0.6) is 11.5 Å². The number of halogens is 1. The Morgan fingerprint density at radius 1 is 1.08 bits per heavy atom. The van der Waals surface area contributed by atoms with Crippen molar-refractivity contribution in [2.45, 2.75) is 23.9 Å². The van der Waals surface area contributed by atoms with Gasteiger partial charge in [-0.1, -0.05) is 65.8 Å². The number of rotatable bonds is 8. The predicted octanol–water partition coefficient (Wildman–Crippen LogP) is 6.17. The van der Waals surface area contributed by atoms with Gasteiger partial charge in [-0.15, -0.1) is 5.10 Å². The Kier molecular flexibility index (Phi) is 7.57. The minimum atomic E-state index is -0.543. The quantitative estimate of drug-likeness (QED) is 0.255. The zero-order chi connectivity index (χ0) is 26.6. The highest BCUT2D eigenvalue weighted by molar-refractivity contribution is 7.98. The number of anilines is 2. The van der Waals surface area contributed by atoms with Crippen LogP contribution in [-0.2, 0) is 10.5 Å². The molecular weight excluding hydrogens is 522 g/mol. The Balaban J connectivity index is 1.52. The molecule has 0 fully saturated rings. The fourth-order valence-electron chi connectivity index (χ4n) is 4.30. The highest BCUT2D eigenvalue weighted by Gasteiger charge is 2.35. The monoisotopic (exact) mass is 547 g/mol. The average Bonchev–Trinajstić information content (AvgIpc) is 3.34. The maximum absolute atomic E-state index is 13.8. The number of para-hydroxylation sites is 2. The minimum absolute atomic E-state index is 0.279. The molecule has 0 spiro atoms. The number of amides is 1. The lowest BCUT2D eigenvalue weighted by Crippen LogP contribution is -2.31. The Hall–Kier alpha value is -3.95. The molecule has 2 heterocycles. The normalized spacial score (nSPS) is 14.5. The van der Waals surface area contributed by atoms with Crippen LogP contribution >= 0.6 is 23.4 Å². The van der Waals surface area contributed by atoms with Gasteiger partial charge in [-0.3, -0.25) is 4.79 Å². The maximum Gasteiger partial charge on any atom is 0.255 e. The van der Waals surface area contributed by atoms with Gasteiger partial charge in [0.2, 0.25) is 11.1 Å². The van der Waals surface area contributed by atoms with Gasteiger partial charge in [0.05, 0.1) is 25.5 Å². The maximum atomic E-state index is 13.8. The number of aromatic nitrogens is 3. The van der Waals surface area contributed by atoms with E-state index in [2.05, 4.69) is 10.6 Å². The van der Waals surface area contributed by atoms with Gasteiger partial charge < -0.3 is 20.1 Å². The van der Waals surface area contributed by atoms with Crippen molar-refractivity contribution < 1.29 is 14.3 Å².